The maximum absolute atomic E-state index is 14.3. The summed E-state index contributed by atoms with van der Waals surface area (Å²) in [4.78, 5) is 13.0. The van der Waals surface area contributed by atoms with Crippen molar-refractivity contribution in [3.8, 4) is 11.5 Å². The summed E-state index contributed by atoms with van der Waals surface area (Å²) in [6, 6.07) is 10.6. The van der Waals surface area contributed by atoms with Crippen LogP contribution in [0.3, 0.4) is 0 Å². The average Bonchev–Trinajstić information content (AvgIpc) is 3.17. The summed E-state index contributed by atoms with van der Waals surface area (Å²) in [5, 5.41) is 5.06. The van der Waals surface area contributed by atoms with Crippen LogP contribution in [0.1, 0.15) is 26.2 Å². The highest BCUT2D eigenvalue weighted by Gasteiger charge is 2.48. The Hall–Kier alpha value is -3.30. The predicted molar refractivity (Wildman–Crippen MR) is 125 cm³/mol. The van der Waals surface area contributed by atoms with Crippen LogP contribution in [-0.2, 0) is 4.79 Å². The molecule has 0 N–H and O–H groups in total. The number of anilines is 2. The number of aldehydes is 1. The number of carbonyl (C=O) groups excluding carboxylic acids is 1. The van der Waals surface area contributed by atoms with E-state index in [4.69, 9.17) is 9.47 Å². The molecule has 0 amide bonds. The van der Waals surface area contributed by atoms with Gasteiger partial charge in [-0.2, -0.15) is 18.3 Å². The van der Waals surface area contributed by atoms with E-state index in [1.165, 1.54) is 25.1 Å². The number of benzene rings is 2. The van der Waals surface area contributed by atoms with Gasteiger partial charge in [-0.15, -0.1) is 0 Å². The van der Waals surface area contributed by atoms with Crippen molar-refractivity contribution in [2.45, 2.75) is 44.5 Å². The second-order valence-corrected chi connectivity index (χ2v) is 8.70. The molecule has 0 spiro atoms. The summed E-state index contributed by atoms with van der Waals surface area (Å²) in [5.41, 5.74) is 0.0678. The smallest absolute Gasteiger partial charge is 0.431 e. The van der Waals surface area contributed by atoms with Gasteiger partial charge in [0.25, 0.3) is 0 Å². The molecule has 2 atom stereocenters. The van der Waals surface area contributed by atoms with Gasteiger partial charge in [0, 0.05) is 44.3 Å². The topological polar surface area (TPSA) is 54.4 Å². The molecule has 1 unspecified atom stereocenters. The number of hydrogen-bond donors (Lipinski definition) is 0. The highest BCUT2D eigenvalue weighted by Crippen LogP contribution is 2.37. The van der Waals surface area contributed by atoms with Gasteiger partial charge in [-0.1, -0.05) is 6.92 Å². The van der Waals surface area contributed by atoms with Crippen molar-refractivity contribution < 1.29 is 31.8 Å². The van der Waals surface area contributed by atoms with E-state index in [1.807, 2.05) is 4.90 Å². The first-order chi connectivity index (χ1) is 16.7. The Morgan fingerprint density at radius 2 is 1.74 bits per heavy atom. The summed E-state index contributed by atoms with van der Waals surface area (Å²) >= 11 is 0. The first-order valence-electron chi connectivity index (χ1n) is 11.4. The lowest BCUT2D eigenvalue weighted by Crippen LogP contribution is -2.38. The highest BCUT2D eigenvalue weighted by atomic mass is 19.4. The zero-order chi connectivity index (χ0) is 25.2. The number of piperidine rings is 1. The van der Waals surface area contributed by atoms with E-state index in [1.54, 1.807) is 36.4 Å². The number of carbonyl (C=O) groups is 1. The molecule has 0 saturated carbocycles. The number of methoxy groups -OCH3 is 1. The Kier molecular flexibility index (Phi) is 7.18. The third-order valence-electron chi connectivity index (χ3n) is 6.51. The van der Waals surface area contributed by atoms with Crippen molar-refractivity contribution in [2.24, 2.45) is 11.0 Å². The van der Waals surface area contributed by atoms with E-state index >= 15 is 0 Å². The molecule has 188 valence electrons. The quantitative estimate of drug-likeness (QED) is 0.391. The van der Waals surface area contributed by atoms with Gasteiger partial charge in [-0.05, 0) is 36.4 Å². The fourth-order valence-corrected chi connectivity index (χ4v) is 4.59. The van der Waals surface area contributed by atoms with Gasteiger partial charge >= 0.3 is 6.18 Å². The number of alkyl halides is 3. The van der Waals surface area contributed by atoms with Gasteiger partial charge in [0.05, 0.1) is 24.5 Å². The lowest BCUT2D eigenvalue weighted by molar-refractivity contribution is -0.108. The molecule has 0 radical (unpaired) electrons. The molecule has 35 heavy (non-hydrogen) atoms. The number of halogens is 4. The van der Waals surface area contributed by atoms with Crippen LogP contribution >= 0.6 is 0 Å². The van der Waals surface area contributed by atoms with Crippen LogP contribution in [0.5, 0.6) is 11.5 Å². The summed E-state index contributed by atoms with van der Waals surface area (Å²) in [6.07, 6.45) is -2.71. The van der Waals surface area contributed by atoms with Crippen molar-refractivity contribution in [3.05, 3.63) is 48.3 Å². The van der Waals surface area contributed by atoms with E-state index in [9.17, 15) is 22.4 Å². The maximum Gasteiger partial charge on any atom is 0.431 e. The monoisotopic (exact) mass is 493 g/mol. The summed E-state index contributed by atoms with van der Waals surface area (Å²) in [5.74, 6) is -0.0507. The maximum atomic E-state index is 14.3. The molecular weight excluding hydrogens is 466 g/mol. The molecule has 0 aliphatic carbocycles. The number of nitrogens with zero attached hydrogens (tertiary/aromatic N) is 3. The Morgan fingerprint density at radius 3 is 2.34 bits per heavy atom. The molecule has 0 aromatic heterocycles. The van der Waals surface area contributed by atoms with Crippen molar-refractivity contribution >= 4 is 23.4 Å². The van der Waals surface area contributed by atoms with Crippen LogP contribution in [0, 0.1) is 11.7 Å². The zero-order valence-corrected chi connectivity index (χ0v) is 19.5. The fraction of sp³-hybridized carbons (Fsp3) is 0.440. The Bertz CT molecular complexity index is 1070. The standard InChI is InChI=1S/C25H27F4N3O3/c1-16-22(11-14-33)32(30-24(16)25(27,28)29)17-3-5-18(6-4-17)35-19-9-12-31(13-10-19)23-15-20(34-2)7-8-21(23)26/h3-8,14-16,19,22H,9-13H2,1-2H3/t16?,22-/m0/s1. The first-order valence-corrected chi connectivity index (χ1v) is 11.4. The van der Waals surface area contributed by atoms with Gasteiger partial charge in [-0.3, -0.25) is 5.01 Å². The lowest BCUT2D eigenvalue weighted by atomic mass is 9.95. The summed E-state index contributed by atoms with van der Waals surface area (Å²) in [6.45, 7) is 2.66. The van der Waals surface area contributed by atoms with Crippen molar-refractivity contribution in [1.29, 1.82) is 0 Å². The van der Waals surface area contributed by atoms with Crippen molar-refractivity contribution in [2.75, 3.05) is 30.1 Å². The van der Waals surface area contributed by atoms with Crippen LogP contribution in [0.4, 0.5) is 28.9 Å². The van der Waals surface area contributed by atoms with Crippen LogP contribution in [0.25, 0.3) is 0 Å². The average molecular weight is 494 g/mol. The number of ether oxygens (including phenoxy) is 2. The zero-order valence-electron chi connectivity index (χ0n) is 19.5. The van der Waals surface area contributed by atoms with Crippen LogP contribution in [0.2, 0.25) is 0 Å². The van der Waals surface area contributed by atoms with Gasteiger partial charge < -0.3 is 19.2 Å². The molecule has 2 aliphatic heterocycles. The minimum Gasteiger partial charge on any atom is -0.497 e. The number of rotatable bonds is 7. The SMILES string of the molecule is COc1ccc(F)c(N2CCC(Oc3ccc(N4N=C(C(F)(F)F)C(C)[C@@H]4CC=O)cc3)CC2)c1. The van der Waals surface area contributed by atoms with E-state index in [0.29, 0.717) is 55.1 Å². The van der Waals surface area contributed by atoms with Crippen LogP contribution in [-0.4, -0.2) is 50.5 Å². The largest absolute Gasteiger partial charge is 0.497 e. The summed E-state index contributed by atoms with van der Waals surface area (Å²) < 4.78 is 65.5. The first kappa shape index (κ1) is 24.8. The van der Waals surface area contributed by atoms with Gasteiger partial charge in [0.2, 0.25) is 0 Å². The van der Waals surface area contributed by atoms with E-state index in [2.05, 4.69) is 5.10 Å². The molecule has 2 aromatic rings. The van der Waals surface area contributed by atoms with Gasteiger partial charge in [-0.25, -0.2) is 4.39 Å². The highest BCUT2D eigenvalue weighted by molar-refractivity contribution is 5.95. The van der Waals surface area contributed by atoms with Crippen molar-refractivity contribution in [3.63, 3.8) is 0 Å². The number of hydrogen-bond acceptors (Lipinski definition) is 6. The molecule has 0 bridgehead atoms. The molecule has 6 nitrogen and oxygen atoms in total. The molecule has 2 aliphatic rings. The predicted octanol–water partition coefficient (Wildman–Crippen LogP) is 5.21. The second kappa shape index (κ2) is 10.1. The summed E-state index contributed by atoms with van der Waals surface area (Å²) in [7, 11) is 1.54. The number of hydrazone groups is 1. The second-order valence-electron chi connectivity index (χ2n) is 8.70. The fourth-order valence-electron chi connectivity index (χ4n) is 4.59. The van der Waals surface area contributed by atoms with E-state index in [0.717, 1.165) is 0 Å². The van der Waals surface area contributed by atoms with E-state index < -0.39 is 23.8 Å². The molecule has 1 saturated heterocycles. The molecule has 4 rings (SSSR count). The Morgan fingerprint density at radius 1 is 1.09 bits per heavy atom. The molecular formula is C25H27F4N3O3. The molecule has 2 heterocycles. The van der Waals surface area contributed by atoms with Gasteiger partial charge in [0.1, 0.15) is 35.4 Å². The molecule has 1 fully saturated rings. The van der Waals surface area contributed by atoms with Crippen LogP contribution in [0.15, 0.2) is 47.6 Å². The normalized spacial score (nSPS) is 21.1. The minimum atomic E-state index is -4.55. The Balaban J connectivity index is 1.39. The third kappa shape index (κ3) is 5.36. The van der Waals surface area contributed by atoms with Gasteiger partial charge in [0.15, 0.2) is 0 Å². The lowest BCUT2D eigenvalue weighted by Gasteiger charge is -2.34. The molecule has 10 heteroatoms. The Labute approximate surface area is 201 Å². The molecule has 2 aromatic carbocycles. The van der Waals surface area contributed by atoms with Crippen molar-refractivity contribution in [1.82, 2.24) is 0 Å². The van der Waals surface area contributed by atoms with Crippen LogP contribution < -0.4 is 19.4 Å². The minimum absolute atomic E-state index is 0.0606. The third-order valence-corrected chi connectivity index (χ3v) is 6.51. The van der Waals surface area contributed by atoms with E-state index in [-0.39, 0.29) is 18.3 Å².